The first-order valence-electron chi connectivity index (χ1n) is 11.3. The molecule has 10 heteroatoms. The first kappa shape index (κ1) is 23.9. The van der Waals surface area contributed by atoms with Crippen LogP contribution < -0.4 is 10.9 Å². The monoisotopic (exact) mass is 482 g/mol. The number of rotatable bonds is 9. The molecule has 178 valence electrons. The average Bonchev–Trinajstić information content (AvgIpc) is 3.36. The molecule has 0 aliphatic carbocycles. The van der Waals surface area contributed by atoms with E-state index in [1.54, 1.807) is 34.9 Å². The lowest BCUT2D eigenvalue weighted by Gasteiger charge is -2.17. The van der Waals surface area contributed by atoms with Crippen LogP contribution in [0.5, 0.6) is 0 Å². The Hall–Kier alpha value is -3.24. The first-order valence-corrected chi connectivity index (χ1v) is 12.3. The van der Waals surface area contributed by atoms with Crippen LogP contribution in [0.1, 0.15) is 42.1 Å². The minimum absolute atomic E-state index is 0.0294. The number of nitro benzene ring substituents is 1. The predicted molar refractivity (Wildman–Crippen MR) is 130 cm³/mol. The first-order chi connectivity index (χ1) is 16.5. The van der Waals surface area contributed by atoms with Gasteiger partial charge in [-0.05, 0) is 43.0 Å². The number of aromatic nitrogens is 2. The number of benzene rings is 2. The molecule has 3 aromatic rings. The van der Waals surface area contributed by atoms with Gasteiger partial charge in [-0.25, -0.2) is 4.98 Å². The highest BCUT2D eigenvalue weighted by Crippen LogP contribution is 2.25. The van der Waals surface area contributed by atoms with Gasteiger partial charge in [0.05, 0.1) is 28.5 Å². The predicted octanol–water partition coefficient (Wildman–Crippen LogP) is 3.92. The van der Waals surface area contributed by atoms with E-state index in [2.05, 4.69) is 5.32 Å². The second-order valence-electron chi connectivity index (χ2n) is 8.15. The summed E-state index contributed by atoms with van der Waals surface area (Å²) in [5.74, 6) is 0.284. The summed E-state index contributed by atoms with van der Waals surface area (Å²) >= 11 is 1.38. The minimum atomic E-state index is -0.435. The van der Waals surface area contributed by atoms with Crippen LogP contribution in [-0.2, 0) is 17.0 Å². The SMILES string of the molecule is CCCNC(=O)c1ccc2c(=O)n(CC3CCCO3)c(SCc3ccc([N+](=O)[O-])cc3)nc2c1. The molecule has 1 aliphatic rings. The zero-order valence-electron chi connectivity index (χ0n) is 18.9. The maximum atomic E-state index is 13.4. The van der Waals surface area contributed by atoms with E-state index in [1.165, 1.54) is 23.9 Å². The van der Waals surface area contributed by atoms with E-state index in [0.29, 0.717) is 47.1 Å². The Morgan fingerprint density at radius 3 is 2.76 bits per heavy atom. The Labute approximate surface area is 200 Å². The van der Waals surface area contributed by atoms with E-state index in [1.807, 2.05) is 6.92 Å². The molecule has 1 N–H and O–H groups in total. The third-order valence-corrected chi connectivity index (χ3v) is 6.69. The molecule has 1 aliphatic heterocycles. The van der Waals surface area contributed by atoms with Crippen molar-refractivity contribution in [2.45, 2.75) is 49.7 Å². The van der Waals surface area contributed by atoms with Gasteiger partial charge < -0.3 is 10.1 Å². The van der Waals surface area contributed by atoms with Crippen LogP contribution in [0.15, 0.2) is 52.4 Å². The molecule has 1 amide bonds. The average molecular weight is 483 g/mol. The van der Waals surface area contributed by atoms with Crippen LogP contribution in [0.4, 0.5) is 5.69 Å². The molecule has 9 nitrogen and oxygen atoms in total. The van der Waals surface area contributed by atoms with Gasteiger partial charge in [0.25, 0.3) is 17.2 Å². The van der Waals surface area contributed by atoms with Gasteiger partial charge in [-0.15, -0.1) is 0 Å². The molecule has 1 unspecified atom stereocenters. The van der Waals surface area contributed by atoms with Gasteiger partial charge in [0.15, 0.2) is 5.16 Å². The van der Waals surface area contributed by atoms with Crippen molar-refractivity contribution in [3.63, 3.8) is 0 Å². The molecule has 1 aromatic heterocycles. The summed E-state index contributed by atoms with van der Waals surface area (Å²) in [5, 5.41) is 14.7. The van der Waals surface area contributed by atoms with Crippen molar-refractivity contribution in [1.29, 1.82) is 0 Å². The number of hydrogen-bond donors (Lipinski definition) is 1. The number of non-ortho nitro benzene ring substituents is 1. The number of carbonyl (C=O) groups is 1. The summed E-state index contributed by atoms with van der Waals surface area (Å²) in [4.78, 5) is 41.0. The second kappa shape index (κ2) is 10.8. The molecule has 0 spiro atoms. The highest BCUT2D eigenvalue weighted by atomic mass is 32.2. The molecule has 1 atom stereocenters. The maximum absolute atomic E-state index is 13.4. The van der Waals surface area contributed by atoms with Crippen molar-refractivity contribution in [3.05, 3.63) is 74.1 Å². The van der Waals surface area contributed by atoms with Gasteiger partial charge in [0.1, 0.15) is 0 Å². The number of ether oxygens (including phenoxy) is 1. The summed E-state index contributed by atoms with van der Waals surface area (Å²) in [6.45, 7) is 3.64. The number of nitrogens with one attached hydrogen (secondary N) is 1. The van der Waals surface area contributed by atoms with Gasteiger partial charge in [0, 0.05) is 36.6 Å². The molecule has 34 heavy (non-hydrogen) atoms. The Morgan fingerprint density at radius 1 is 1.29 bits per heavy atom. The van der Waals surface area contributed by atoms with Gasteiger partial charge in [-0.2, -0.15) is 0 Å². The van der Waals surface area contributed by atoms with Crippen LogP contribution in [0.2, 0.25) is 0 Å². The topological polar surface area (TPSA) is 116 Å². The fraction of sp³-hybridized carbons (Fsp3) is 0.375. The normalized spacial score (nSPS) is 15.5. The van der Waals surface area contributed by atoms with Crippen molar-refractivity contribution in [3.8, 4) is 0 Å². The quantitative estimate of drug-likeness (QED) is 0.213. The summed E-state index contributed by atoms with van der Waals surface area (Å²) in [6, 6.07) is 11.3. The van der Waals surface area contributed by atoms with E-state index in [4.69, 9.17) is 9.72 Å². The lowest BCUT2D eigenvalue weighted by atomic mass is 10.1. The molecule has 1 saturated heterocycles. The van der Waals surface area contributed by atoms with Gasteiger partial charge in [-0.1, -0.05) is 30.8 Å². The smallest absolute Gasteiger partial charge is 0.269 e. The Morgan fingerprint density at radius 2 is 2.09 bits per heavy atom. The lowest BCUT2D eigenvalue weighted by Crippen LogP contribution is -2.29. The van der Waals surface area contributed by atoms with E-state index >= 15 is 0 Å². The van der Waals surface area contributed by atoms with E-state index < -0.39 is 4.92 Å². The zero-order valence-corrected chi connectivity index (χ0v) is 19.7. The van der Waals surface area contributed by atoms with Gasteiger partial charge in [-0.3, -0.25) is 24.3 Å². The number of hydrogen-bond acceptors (Lipinski definition) is 7. The maximum Gasteiger partial charge on any atom is 0.269 e. The minimum Gasteiger partial charge on any atom is -0.376 e. The van der Waals surface area contributed by atoms with Crippen LogP contribution in [0, 0.1) is 10.1 Å². The Bertz CT molecular complexity index is 1250. The fourth-order valence-electron chi connectivity index (χ4n) is 3.81. The second-order valence-corrected chi connectivity index (χ2v) is 9.09. The molecule has 0 saturated carbocycles. The van der Waals surface area contributed by atoms with E-state index in [9.17, 15) is 19.7 Å². The summed E-state index contributed by atoms with van der Waals surface area (Å²) < 4.78 is 7.40. The molecule has 0 radical (unpaired) electrons. The van der Waals surface area contributed by atoms with Crippen molar-refractivity contribution >= 4 is 34.3 Å². The van der Waals surface area contributed by atoms with Crippen LogP contribution in [-0.4, -0.2) is 39.6 Å². The highest BCUT2D eigenvalue weighted by Gasteiger charge is 2.21. The number of amides is 1. The van der Waals surface area contributed by atoms with Crippen LogP contribution >= 0.6 is 11.8 Å². The number of carbonyl (C=O) groups excluding carboxylic acids is 1. The highest BCUT2D eigenvalue weighted by molar-refractivity contribution is 7.98. The third-order valence-electron chi connectivity index (χ3n) is 5.64. The summed E-state index contributed by atoms with van der Waals surface area (Å²) in [6.07, 6.45) is 2.62. The lowest BCUT2D eigenvalue weighted by molar-refractivity contribution is -0.384. The molecular weight excluding hydrogens is 456 g/mol. The molecular formula is C24H26N4O5S. The van der Waals surface area contributed by atoms with E-state index in [0.717, 1.165) is 24.8 Å². The number of nitrogens with zero attached hydrogens (tertiary/aromatic N) is 3. The van der Waals surface area contributed by atoms with Crippen molar-refractivity contribution in [2.75, 3.05) is 13.2 Å². The zero-order chi connectivity index (χ0) is 24.1. The van der Waals surface area contributed by atoms with Crippen LogP contribution in [0.25, 0.3) is 10.9 Å². The van der Waals surface area contributed by atoms with Crippen LogP contribution in [0.3, 0.4) is 0 Å². The molecule has 0 bridgehead atoms. The molecule has 2 aromatic carbocycles. The molecule has 2 heterocycles. The molecule has 1 fully saturated rings. The fourth-order valence-corrected chi connectivity index (χ4v) is 4.77. The van der Waals surface area contributed by atoms with Crippen molar-refractivity contribution < 1.29 is 14.5 Å². The van der Waals surface area contributed by atoms with Crippen molar-refractivity contribution in [2.24, 2.45) is 0 Å². The van der Waals surface area contributed by atoms with Gasteiger partial charge >= 0.3 is 0 Å². The Kier molecular flexibility index (Phi) is 7.59. The standard InChI is InChI=1S/C24H26N4O5S/c1-2-11-25-22(29)17-7-10-20-21(13-17)26-24(27(23(20)30)14-19-4-3-12-33-19)34-15-16-5-8-18(9-6-16)28(31)32/h5-10,13,19H,2-4,11-12,14-15H2,1H3,(H,25,29). The van der Waals surface area contributed by atoms with Gasteiger partial charge in [0.2, 0.25) is 0 Å². The Balaban J connectivity index is 1.67. The van der Waals surface area contributed by atoms with E-state index in [-0.39, 0.29) is 23.3 Å². The largest absolute Gasteiger partial charge is 0.376 e. The number of fused-ring (bicyclic) bond motifs is 1. The van der Waals surface area contributed by atoms with Crippen molar-refractivity contribution in [1.82, 2.24) is 14.9 Å². The number of thioether (sulfide) groups is 1. The third kappa shape index (κ3) is 5.45. The summed E-state index contributed by atoms with van der Waals surface area (Å²) in [7, 11) is 0. The summed E-state index contributed by atoms with van der Waals surface area (Å²) in [5.41, 5.74) is 1.65. The number of nitro groups is 1. The molecule has 4 rings (SSSR count).